The molecule has 0 unspecified atom stereocenters. The van der Waals surface area contributed by atoms with Crippen LogP contribution >= 0.6 is 58.0 Å². The van der Waals surface area contributed by atoms with Crippen LogP contribution in [0.5, 0.6) is 0 Å². The fraction of sp³-hybridized carbons (Fsp3) is 0.0714. The molecule has 2 N–H and O–H groups in total. The van der Waals surface area contributed by atoms with Crippen LogP contribution in [0.1, 0.15) is 0 Å². The van der Waals surface area contributed by atoms with Crippen molar-refractivity contribution in [1.82, 2.24) is 0 Å². The number of anilines is 2. The number of hydrogen-bond donors (Lipinski definition) is 2. The van der Waals surface area contributed by atoms with Crippen LogP contribution in [0.2, 0.25) is 25.1 Å². The molecule has 0 saturated carbocycles. The monoisotopic (exact) mass is 396 g/mol. The lowest BCUT2D eigenvalue weighted by Gasteiger charge is -2.10. The summed E-state index contributed by atoms with van der Waals surface area (Å²) < 4.78 is 0. The molecule has 116 valence electrons. The van der Waals surface area contributed by atoms with Crippen molar-refractivity contribution in [1.29, 1.82) is 0 Å². The number of carbonyl (C=O) groups excluding carboxylic acids is 1. The number of halogens is 5. The maximum absolute atomic E-state index is 11.9. The van der Waals surface area contributed by atoms with E-state index in [9.17, 15) is 4.79 Å². The standard InChI is InChI=1S/C14H9Cl5N2O/c15-8-2-1-7(3-9(8)16)21-14(22)6-20-13-5-11(18)10(17)4-12(13)19/h1-5,20H,6H2,(H,21,22). The summed E-state index contributed by atoms with van der Waals surface area (Å²) in [5, 5.41) is 7.40. The lowest BCUT2D eigenvalue weighted by atomic mass is 10.3. The molecule has 0 bridgehead atoms. The van der Waals surface area contributed by atoms with Crippen molar-refractivity contribution in [2.75, 3.05) is 17.2 Å². The Bertz CT molecular complexity index is 721. The second kappa shape index (κ2) is 7.62. The quantitative estimate of drug-likeness (QED) is 0.620. The van der Waals surface area contributed by atoms with Crippen LogP contribution in [-0.4, -0.2) is 12.5 Å². The average Bonchev–Trinajstić information content (AvgIpc) is 2.45. The third-order valence-corrected chi connectivity index (χ3v) is 4.43. The second-order valence-electron chi connectivity index (χ2n) is 4.28. The Kier molecular flexibility index (Phi) is 6.07. The molecule has 2 rings (SSSR count). The number of hydrogen-bond acceptors (Lipinski definition) is 2. The van der Waals surface area contributed by atoms with E-state index in [-0.39, 0.29) is 12.5 Å². The Hall–Kier alpha value is -0.840. The highest BCUT2D eigenvalue weighted by Crippen LogP contribution is 2.32. The molecule has 0 radical (unpaired) electrons. The molecule has 0 saturated heterocycles. The molecule has 0 aliphatic rings. The van der Waals surface area contributed by atoms with Crippen molar-refractivity contribution in [2.45, 2.75) is 0 Å². The molecule has 0 atom stereocenters. The summed E-state index contributed by atoms with van der Waals surface area (Å²) in [4.78, 5) is 11.9. The third kappa shape index (κ3) is 4.58. The molecule has 0 aliphatic carbocycles. The molecule has 0 aromatic heterocycles. The zero-order valence-corrected chi connectivity index (χ0v) is 14.7. The molecule has 8 heteroatoms. The van der Waals surface area contributed by atoms with Gasteiger partial charge in [0.25, 0.3) is 0 Å². The molecule has 0 heterocycles. The molecule has 0 spiro atoms. The smallest absolute Gasteiger partial charge is 0.243 e. The van der Waals surface area contributed by atoms with Crippen LogP contribution in [0.15, 0.2) is 30.3 Å². The first-order chi connectivity index (χ1) is 10.4. The molecule has 0 fully saturated rings. The first kappa shape index (κ1) is 17.5. The molecular weight excluding hydrogens is 389 g/mol. The van der Waals surface area contributed by atoms with Crippen molar-refractivity contribution >= 4 is 75.3 Å². The zero-order chi connectivity index (χ0) is 16.3. The second-order valence-corrected chi connectivity index (χ2v) is 6.31. The molecule has 2 aromatic carbocycles. The molecule has 0 aliphatic heterocycles. The van der Waals surface area contributed by atoms with Gasteiger partial charge in [0.15, 0.2) is 0 Å². The summed E-state index contributed by atoms with van der Waals surface area (Å²) in [7, 11) is 0. The Balaban J connectivity index is 1.98. The van der Waals surface area contributed by atoms with Gasteiger partial charge in [-0.15, -0.1) is 0 Å². The Labute approximate surface area is 152 Å². The number of benzene rings is 2. The van der Waals surface area contributed by atoms with Crippen LogP contribution < -0.4 is 10.6 Å². The summed E-state index contributed by atoms with van der Waals surface area (Å²) in [6, 6.07) is 7.87. The average molecular weight is 399 g/mol. The van der Waals surface area contributed by atoms with Crippen LogP contribution in [0.25, 0.3) is 0 Å². The van der Waals surface area contributed by atoms with E-state index in [0.717, 1.165) is 0 Å². The van der Waals surface area contributed by atoms with Gasteiger partial charge in [-0.1, -0.05) is 58.0 Å². The third-order valence-electron chi connectivity index (χ3n) is 2.65. The maximum atomic E-state index is 11.9. The first-order valence-corrected chi connectivity index (χ1v) is 7.89. The van der Waals surface area contributed by atoms with Gasteiger partial charge in [-0.3, -0.25) is 4.79 Å². The normalized spacial score (nSPS) is 10.4. The molecule has 2 aromatic rings. The largest absolute Gasteiger partial charge is 0.375 e. The summed E-state index contributed by atoms with van der Waals surface area (Å²) in [5.41, 5.74) is 1.06. The lowest BCUT2D eigenvalue weighted by Crippen LogP contribution is -2.21. The van der Waals surface area contributed by atoms with E-state index in [2.05, 4.69) is 10.6 Å². The van der Waals surface area contributed by atoms with E-state index in [4.69, 9.17) is 58.0 Å². The highest BCUT2D eigenvalue weighted by atomic mass is 35.5. The molecule has 3 nitrogen and oxygen atoms in total. The Morgan fingerprint density at radius 3 is 2.14 bits per heavy atom. The van der Waals surface area contributed by atoms with Gasteiger partial charge < -0.3 is 10.6 Å². The Morgan fingerprint density at radius 2 is 1.45 bits per heavy atom. The predicted octanol–water partition coefficient (Wildman–Crippen LogP) is 6.00. The van der Waals surface area contributed by atoms with Gasteiger partial charge in [0.05, 0.1) is 37.3 Å². The maximum Gasteiger partial charge on any atom is 0.243 e. The van der Waals surface area contributed by atoms with Crippen LogP contribution in [0, 0.1) is 0 Å². The van der Waals surface area contributed by atoms with Crippen molar-refractivity contribution in [3.8, 4) is 0 Å². The van der Waals surface area contributed by atoms with E-state index >= 15 is 0 Å². The Morgan fingerprint density at radius 1 is 0.818 bits per heavy atom. The van der Waals surface area contributed by atoms with E-state index in [1.807, 2.05) is 0 Å². The number of rotatable bonds is 4. The number of nitrogens with one attached hydrogen (secondary N) is 2. The molecular formula is C14H9Cl5N2O. The van der Waals surface area contributed by atoms with Crippen LogP contribution in [0.4, 0.5) is 11.4 Å². The van der Waals surface area contributed by atoms with E-state index < -0.39 is 0 Å². The summed E-state index contributed by atoms with van der Waals surface area (Å²) >= 11 is 29.4. The predicted molar refractivity (Wildman–Crippen MR) is 95.1 cm³/mol. The zero-order valence-electron chi connectivity index (χ0n) is 10.9. The van der Waals surface area contributed by atoms with E-state index in [0.29, 0.717) is 36.5 Å². The van der Waals surface area contributed by atoms with Gasteiger partial charge in [-0.2, -0.15) is 0 Å². The minimum atomic E-state index is -0.277. The minimum Gasteiger partial charge on any atom is -0.375 e. The summed E-state index contributed by atoms with van der Waals surface area (Å²) in [6.07, 6.45) is 0. The SMILES string of the molecule is O=C(CNc1cc(Cl)c(Cl)cc1Cl)Nc1ccc(Cl)c(Cl)c1. The van der Waals surface area contributed by atoms with Gasteiger partial charge in [0.1, 0.15) is 0 Å². The number of amides is 1. The van der Waals surface area contributed by atoms with Gasteiger partial charge in [-0.25, -0.2) is 0 Å². The number of carbonyl (C=O) groups is 1. The summed E-state index contributed by atoms with van der Waals surface area (Å²) in [6.45, 7) is -0.00206. The molecule has 1 amide bonds. The van der Waals surface area contributed by atoms with E-state index in [1.165, 1.54) is 6.07 Å². The minimum absolute atomic E-state index is 0.00206. The van der Waals surface area contributed by atoms with E-state index in [1.54, 1.807) is 24.3 Å². The highest BCUT2D eigenvalue weighted by Gasteiger charge is 2.08. The van der Waals surface area contributed by atoms with Gasteiger partial charge in [-0.05, 0) is 30.3 Å². The van der Waals surface area contributed by atoms with Crippen LogP contribution in [-0.2, 0) is 4.79 Å². The molecule has 22 heavy (non-hydrogen) atoms. The van der Waals surface area contributed by atoms with Gasteiger partial charge in [0.2, 0.25) is 5.91 Å². The van der Waals surface area contributed by atoms with Crippen LogP contribution in [0.3, 0.4) is 0 Å². The van der Waals surface area contributed by atoms with Crippen molar-refractivity contribution in [3.63, 3.8) is 0 Å². The fourth-order valence-corrected chi connectivity index (χ4v) is 2.52. The topological polar surface area (TPSA) is 41.1 Å². The first-order valence-electron chi connectivity index (χ1n) is 6.00. The highest BCUT2D eigenvalue weighted by molar-refractivity contribution is 6.44. The van der Waals surface area contributed by atoms with Crippen molar-refractivity contribution in [2.24, 2.45) is 0 Å². The van der Waals surface area contributed by atoms with Gasteiger partial charge >= 0.3 is 0 Å². The van der Waals surface area contributed by atoms with Gasteiger partial charge in [0, 0.05) is 5.69 Å². The lowest BCUT2D eigenvalue weighted by molar-refractivity contribution is -0.114. The summed E-state index contributed by atoms with van der Waals surface area (Å²) in [5.74, 6) is -0.277. The van der Waals surface area contributed by atoms with Crippen molar-refractivity contribution in [3.05, 3.63) is 55.4 Å². The van der Waals surface area contributed by atoms with Crippen molar-refractivity contribution < 1.29 is 4.79 Å². The fourth-order valence-electron chi connectivity index (χ4n) is 1.61.